The normalized spacial score (nSPS) is 10.5. The van der Waals surface area contributed by atoms with Crippen LogP contribution in [0.4, 0.5) is 5.69 Å². The fourth-order valence-corrected chi connectivity index (χ4v) is 3.06. The maximum Gasteiger partial charge on any atom is 0.329 e. The summed E-state index contributed by atoms with van der Waals surface area (Å²) in [5.74, 6) is -1.22. The van der Waals surface area contributed by atoms with Crippen molar-refractivity contribution in [1.29, 1.82) is 0 Å². The Morgan fingerprint density at radius 3 is 2.56 bits per heavy atom. The van der Waals surface area contributed by atoms with Gasteiger partial charge >= 0.3 is 11.8 Å². The monoisotopic (exact) mass is 504 g/mol. The Balaban J connectivity index is 1.95. The van der Waals surface area contributed by atoms with Crippen LogP contribution < -0.4 is 25.5 Å². The maximum atomic E-state index is 12.1. The molecule has 0 unspecified atom stereocenters. The number of carbonyl (C=O) groups is 3. The standard InChI is InChI=1S/C22H25BrN4O5/c1-3-4-10-24-21(29)22(30)27-25-13-15-11-17(23)20(18(12-15)31-2)32-14-19(28)26-16-8-6-5-7-9-16/h5-9,11-13H,3-4,10,14H2,1-2H3,(H,24,29)(H,26,28)(H,27,30)/b25-13-. The van der Waals surface area contributed by atoms with Gasteiger partial charge in [0.25, 0.3) is 5.91 Å². The lowest BCUT2D eigenvalue weighted by molar-refractivity contribution is -0.139. The highest BCUT2D eigenvalue weighted by Crippen LogP contribution is 2.36. The smallest absolute Gasteiger partial charge is 0.329 e. The summed E-state index contributed by atoms with van der Waals surface area (Å²) in [7, 11) is 1.46. The van der Waals surface area contributed by atoms with Crippen molar-refractivity contribution in [2.24, 2.45) is 5.10 Å². The van der Waals surface area contributed by atoms with E-state index in [0.717, 1.165) is 12.8 Å². The van der Waals surface area contributed by atoms with Gasteiger partial charge in [0, 0.05) is 12.2 Å². The van der Waals surface area contributed by atoms with Crippen LogP contribution in [0.2, 0.25) is 0 Å². The van der Waals surface area contributed by atoms with Crippen LogP contribution in [0.15, 0.2) is 52.0 Å². The third-order valence-electron chi connectivity index (χ3n) is 4.06. The number of hydrogen-bond acceptors (Lipinski definition) is 6. The van der Waals surface area contributed by atoms with E-state index in [4.69, 9.17) is 9.47 Å². The summed E-state index contributed by atoms with van der Waals surface area (Å²) in [5, 5.41) is 9.02. The molecule has 2 aromatic rings. The Bertz CT molecular complexity index is 966. The van der Waals surface area contributed by atoms with Gasteiger partial charge in [0.2, 0.25) is 0 Å². The van der Waals surface area contributed by atoms with Gasteiger partial charge < -0.3 is 20.1 Å². The van der Waals surface area contributed by atoms with Crippen LogP contribution in [0, 0.1) is 0 Å². The molecule has 0 aromatic heterocycles. The predicted octanol–water partition coefficient (Wildman–Crippen LogP) is 2.84. The first-order valence-electron chi connectivity index (χ1n) is 9.91. The van der Waals surface area contributed by atoms with Gasteiger partial charge in [0.05, 0.1) is 17.8 Å². The van der Waals surface area contributed by atoms with Crippen LogP contribution in [-0.4, -0.2) is 44.2 Å². The molecule has 0 aliphatic carbocycles. The average molecular weight is 505 g/mol. The van der Waals surface area contributed by atoms with Crippen molar-refractivity contribution in [1.82, 2.24) is 10.7 Å². The molecule has 2 rings (SSSR count). The molecule has 0 radical (unpaired) electrons. The third kappa shape index (κ3) is 8.03. The number of hydrogen-bond donors (Lipinski definition) is 3. The number of amides is 3. The predicted molar refractivity (Wildman–Crippen MR) is 125 cm³/mol. The molecule has 3 amide bonds. The Morgan fingerprint density at radius 1 is 1.12 bits per heavy atom. The fourth-order valence-electron chi connectivity index (χ4n) is 2.49. The van der Waals surface area contributed by atoms with Crippen LogP contribution in [0.25, 0.3) is 0 Å². The third-order valence-corrected chi connectivity index (χ3v) is 4.65. The van der Waals surface area contributed by atoms with Gasteiger partial charge in [0.1, 0.15) is 0 Å². The second-order valence-corrected chi connectivity index (χ2v) is 7.40. The molecule has 2 aromatic carbocycles. The first-order chi connectivity index (χ1) is 15.4. The number of unbranched alkanes of at least 4 members (excludes halogenated alkanes) is 1. The summed E-state index contributed by atoms with van der Waals surface area (Å²) in [6.07, 6.45) is 3.06. The molecule has 32 heavy (non-hydrogen) atoms. The molecule has 0 bridgehead atoms. The van der Waals surface area contributed by atoms with E-state index >= 15 is 0 Å². The van der Waals surface area contributed by atoms with E-state index in [1.54, 1.807) is 24.3 Å². The van der Waals surface area contributed by atoms with Crippen molar-refractivity contribution >= 4 is 45.6 Å². The number of nitrogens with one attached hydrogen (secondary N) is 3. The van der Waals surface area contributed by atoms with E-state index in [1.807, 2.05) is 25.1 Å². The molecule has 0 fully saturated rings. The number of para-hydroxylation sites is 1. The van der Waals surface area contributed by atoms with Crippen molar-refractivity contribution < 1.29 is 23.9 Å². The first kappa shape index (κ1) is 24.9. The van der Waals surface area contributed by atoms with E-state index in [0.29, 0.717) is 33.8 Å². The molecule has 0 aliphatic rings. The molecule has 0 saturated heterocycles. The second kappa shape index (κ2) is 13.1. The molecule has 0 saturated carbocycles. The number of rotatable bonds is 10. The molecular formula is C22H25BrN4O5. The Morgan fingerprint density at radius 2 is 1.88 bits per heavy atom. The largest absolute Gasteiger partial charge is 0.493 e. The minimum atomic E-state index is -0.854. The minimum Gasteiger partial charge on any atom is -0.493 e. The van der Waals surface area contributed by atoms with Crippen molar-refractivity contribution in [2.75, 3.05) is 25.6 Å². The van der Waals surface area contributed by atoms with E-state index in [-0.39, 0.29) is 12.5 Å². The zero-order valence-electron chi connectivity index (χ0n) is 17.8. The summed E-state index contributed by atoms with van der Waals surface area (Å²) >= 11 is 3.39. The van der Waals surface area contributed by atoms with Crippen molar-refractivity contribution in [2.45, 2.75) is 19.8 Å². The highest BCUT2D eigenvalue weighted by atomic mass is 79.9. The van der Waals surface area contributed by atoms with Gasteiger partial charge in [0.15, 0.2) is 18.1 Å². The summed E-state index contributed by atoms with van der Waals surface area (Å²) in [4.78, 5) is 35.5. The van der Waals surface area contributed by atoms with Gasteiger partial charge in [-0.15, -0.1) is 0 Å². The maximum absolute atomic E-state index is 12.1. The van der Waals surface area contributed by atoms with Gasteiger partial charge in [-0.2, -0.15) is 5.10 Å². The number of nitrogens with zero attached hydrogens (tertiary/aromatic N) is 1. The number of methoxy groups -OCH3 is 1. The molecule has 0 heterocycles. The zero-order chi connectivity index (χ0) is 23.3. The van der Waals surface area contributed by atoms with Crippen LogP contribution in [0.5, 0.6) is 11.5 Å². The molecule has 9 nitrogen and oxygen atoms in total. The first-order valence-corrected chi connectivity index (χ1v) is 10.7. The van der Waals surface area contributed by atoms with Gasteiger partial charge in [-0.3, -0.25) is 14.4 Å². The Kier molecular flexibility index (Phi) is 10.2. The van der Waals surface area contributed by atoms with Gasteiger partial charge in [-0.25, -0.2) is 5.43 Å². The summed E-state index contributed by atoms with van der Waals surface area (Å²) < 4.78 is 11.5. The van der Waals surface area contributed by atoms with E-state index in [1.165, 1.54) is 13.3 Å². The van der Waals surface area contributed by atoms with E-state index in [2.05, 4.69) is 37.1 Å². The molecular weight excluding hydrogens is 480 g/mol. The number of hydrazone groups is 1. The second-order valence-electron chi connectivity index (χ2n) is 6.55. The average Bonchev–Trinajstić information content (AvgIpc) is 2.78. The van der Waals surface area contributed by atoms with Crippen LogP contribution in [-0.2, 0) is 14.4 Å². The SMILES string of the molecule is CCCCNC(=O)C(=O)N/N=C\c1cc(Br)c(OCC(=O)Nc2ccccc2)c(OC)c1. The van der Waals surface area contributed by atoms with Gasteiger partial charge in [-0.1, -0.05) is 31.5 Å². The lowest BCUT2D eigenvalue weighted by Crippen LogP contribution is -2.38. The number of benzene rings is 2. The Labute approximate surface area is 194 Å². The van der Waals surface area contributed by atoms with Crippen molar-refractivity contribution in [3.63, 3.8) is 0 Å². The van der Waals surface area contributed by atoms with Crippen LogP contribution in [0.3, 0.4) is 0 Å². The van der Waals surface area contributed by atoms with E-state index < -0.39 is 11.8 Å². The summed E-state index contributed by atoms with van der Waals surface area (Å²) in [6, 6.07) is 12.3. The van der Waals surface area contributed by atoms with Crippen LogP contribution >= 0.6 is 15.9 Å². The fraction of sp³-hybridized carbons (Fsp3) is 0.273. The molecule has 0 aliphatic heterocycles. The summed E-state index contributed by atoms with van der Waals surface area (Å²) in [6.45, 7) is 2.20. The Hall–Kier alpha value is -3.40. The quantitative estimate of drug-likeness (QED) is 0.199. The number of ether oxygens (including phenoxy) is 2. The van der Waals surface area contributed by atoms with Crippen molar-refractivity contribution in [3.8, 4) is 11.5 Å². The lowest BCUT2D eigenvalue weighted by atomic mass is 10.2. The van der Waals surface area contributed by atoms with Crippen molar-refractivity contribution in [3.05, 3.63) is 52.5 Å². The zero-order valence-corrected chi connectivity index (χ0v) is 19.4. The molecule has 0 spiro atoms. The number of halogens is 1. The molecule has 3 N–H and O–H groups in total. The number of carbonyl (C=O) groups excluding carboxylic acids is 3. The molecule has 10 heteroatoms. The number of anilines is 1. The van der Waals surface area contributed by atoms with Crippen LogP contribution in [0.1, 0.15) is 25.3 Å². The summed E-state index contributed by atoms with van der Waals surface area (Å²) in [5.41, 5.74) is 3.41. The molecule has 170 valence electrons. The molecule has 0 atom stereocenters. The van der Waals surface area contributed by atoms with Gasteiger partial charge in [-0.05, 0) is 52.2 Å². The van der Waals surface area contributed by atoms with E-state index in [9.17, 15) is 14.4 Å². The minimum absolute atomic E-state index is 0.222. The highest BCUT2D eigenvalue weighted by molar-refractivity contribution is 9.10. The lowest BCUT2D eigenvalue weighted by Gasteiger charge is -2.13. The highest BCUT2D eigenvalue weighted by Gasteiger charge is 2.14. The topological polar surface area (TPSA) is 118 Å².